The van der Waals surface area contributed by atoms with Gasteiger partial charge in [-0.1, -0.05) is 60.7 Å². The Kier molecular flexibility index (Phi) is 4.02. The summed E-state index contributed by atoms with van der Waals surface area (Å²) in [6.45, 7) is 0.657. The van der Waals surface area contributed by atoms with Gasteiger partial charge in [0.15, 0.2) is 0 Å². The molecule has 0 saturated carbocycles. The second-order valence-corrected chi connectivity index (χ2v) is 7.21. The lowest BCUT2D eigenvalue weighted by atomic mass is 10.1. The van der Waals surface area contributed by atoms with Crippen molar-refractivity contribution < 1.29 is 9.59 Å². The molecule has 0 spiro atoms. The highest BCUT2D eigenvalue weighted by molar-refractivity contribution is 7.99. The molecule has 0 unspecified atom stereocenters. The van der Waals surface area contributed by atoms with Crippen LogP contribution in [0.1, 0.15) is 16.5 Å². The number of fused-ring (bicyclic) bond motifs is 1. The van der Waals surface area contributed by atoms with Crippen molar-refractivity contribution in [3.63, 3.8) is 0 Å². The van der Waals surface area contributed by atoms with Gasteiger partial charge in [-0.25, -0.2) is 0 Å². The zero-order chi connectivity index (χ0) is 16.5. The van der Waals surface area contributed by atoms with Crippen molar-refractivity contribution in [3.05, 3.63) is 71.8 Å². The summed E-state index contributed by atoms with van der Waals surface area (Å²) in [5.74, 6) is 0.758. The molecule has 2 heterocycles. The second-order valence-electron chi connectivity index (χ2n) is 6.09. The summed E-state index contributed by atoms with van der Waals surface area (Å²) >= 11 is 1.67. The van der Waals surface area contributed by atoms with Crippen molar-refractivity contribution in [1.82, 2.24) is 9.80 Å². The Morgan fingerprint density at radius 1 is 0.958 bits per heavy atom. The van der Waals surface area contributed by atoms with E-state index in [1.807, 2.05) is 60.7 Å². The molecule has 122 valence electrons. The van der Waals surface area contributed by atoms with Gasteiger partial charge in [-0.05, 0) is 11.1 Å². The molecule has 0 bridgehead atoms. The maximum absolute atomic E-state index is 12.9. The molecule has 0 aromatic heterocycles. The molecule has 2 amide bonds. The van der Waals surface area contributed by atoms with Crippen LogP contribution >= 0.6 is 11.8 Å². The highest BCUT2D eigenvalue weighted by Gasteiger charge is 2.47. The first-order valence-corrected chi connectivity index (χ1v) is 9.09. The van der Waals surface area contributed by atoms with Crippen molar-refractivity contribution in [3.8, 4) is 0 Å². The summed E-state index contributed by atoms with van der Waals surface area (Å²) in [5.41, 5.74) is 2.14. The number of carbonyl (C=O) groups excluding carboxylic acids is 2. The van der Waals surface area contributed by atoms with Gasteiger partial charge in [-0.2, -0.15) is 0 Å². The standard InChI is InChI=1S/C19H18N2O2S/c22-17-12-20(11-14-7-3-1-4-8-14)18(23)16-13-24-19(21(16)17)15-9-5-2-6-10-15/h1-10,16,19H,11-13H2/t16-,19+/m0/s1. The van der Waals surface area contributed by atoms with Crippen LogP contribution in [0.2, 0.25) is 0 Å². The van der Waals surface area contributed by atoms with E-state index in [1.165, 1.54) is 0 Å². The van der Waals surface area contributed by atoms with Crippen molar-refractivity contribution >= 4 is 23.6 Å². The minimum atomic E-state index is -0.342. The van der Waals surface area contributed by atoms with Crippen molar-refractivity contribution in [2.75, 3.05) is 12.3 Å². The van der Waals surface area contributed by atoms with E-state index in [0.29, 0.717) is 12.3 Å². The van der Waals surface area contributed by atoms with Gasteiger partial charge in [0, 0.05) is 12.3 Å². The van der Waals surface area contributed by atoms with Gasteiger partial charge >= 0.3 is 0 Å². The lowest BCUT2D eigenvalue weighted by Crippen LogP contribution is -2.58. The van der Waals surface area contributed by atoms with Gasteiger partial charge in [0.2, 0.25) is 11.8 Å². The van der Waals surface area contributed by atoms with Crippen LogP contribution in [0.3, 0.4) is 0 Å². The van der Waals surface area contributed by atoms with E-state index in [2.05, 4.69) is 0 Å². The van der Waals surface area contributed by atoms with Crippen LogP contribution in [0, 0.1) is 0 Å². The molecule has 2 aliphatic heterocycles. The van der Waals surface area contributed by atoms with E-state index in [1.54, 1.807) is 21.6 Å². The minimum absolute atomic E-state index is 0.0365. The Morgan fingerprint density at radius 3 is 2.33 bits per heavy atom. The monoisotopic (exact) mass is 338 g/mol. The Morgan fingerprint density at radius 2 is 1.62 bits per heavy atom. The number of rotatable bonds is 3. The molecule has 2 aliphatic rings. The summed E-state index contributed by atoms with van der Waals surface area (Å²) < 4.78 is 0. The molecular formula is C19H18N2O2S. The Labute approximate surface area is 145 Å². The third kappa shape index (κ3) is 2.69. The van der Waals surface area contributed by atoms with E-state index in [9.17, 15) is 9.59 Å². The number of benzene rings is 2. The number of amides is 2. The molecule has 4 rings (SSSR count). The topological polar surface area (TPSA) is 40.6 Å². The second kappa shape index (κ2) is 6.32. The van der Waals surface area contributed by atoms with Gasteiger partial charge in [0.05, 0.1) is 0 Å². The third-order valence-electron chi connectivity index (χ3n) is 4.51. The molecule has 2 fully saturated rings. The van der Waals surface area contributed by atoms with E-state index in [-0.39, 0.29) is 29.8 Å². The number of hydrogen-bond acceptors (Lipinski definition) is 3. The lowest BCUT2D eigenvalue weighted by Gasteiger charge is -2.38. The highest BCUT2D eigenvalue weighted by atomic mass is 32.2. The summed E-state index contributed by atoms with van der Waals surface area (Å²) in [4.78, 5) is 29.0. The van der Waals surface area contributed by atoms with Crippen LogP contribution < -0.4 is 0 Å². The van der Waals surface area contributed by atoms with E-state index in [4.69, 9.17) is 0 Å². The van der Waals surface area contributed by atoms with Gasteiger partial charge in [-0.15, -0.1) is 11.8 Å². The largest absolute Gasteiger partial charge is 0.327 e. The first kappa shape index (κ1) is 15.3. The number of carbonyl (C=O) groups is 2. The first-order chi connectivity index (χ1) is 11.7. The molecule has 2 saturated heterocycles. The average Bonchev–Trinajstić information content (AvgIpc) is 3.07. The number of thioether (sulfide) groups is 1. The van der Waals surface area contributed by atoms with Crippen LogP contribution in [-0.2, 0) is 16.1 Å². The Balaban J connectivity index is 1.55. The molecule has 0 aliphatic carbocycles. The normalized spacial score (nSPS) is 23.5. The molecule has 24 heavy (non-hydrogen) atoms. The summed E-state index contributed by atoms with van der Waals surface area (Å²) in [6.07, 6.45) is 0. The SMILES string of the molecule is O=C1[C@@H]2CS[C@H](c3ccccc3)N2C(=O)CN1Cc1ccccc1. The maximum atomic E-state index is 12.9. The average molecular weight is 338 g/mol. The number of piperazine rings is 1. The first-order valence-electron chi connectivity index (χ1n) is 8.04. The van der Waals surface area contributed by atoms with Crippen molar-refractivity contribution in [2.45, 2.75) is 18.0 Å². The summed E-state index contributed by atoms with van der Waals surface area (Å²) in [5, 5.41) is -0.0495. The fourth-order valence-electron chi connectivity index (χ4n) is 3.35. The fourth-order valence-corrected chi connectivity index (χ4v) is 4.79. The van der Waals surface area contributed by atoms with Crippen molar-refractivity contribution in [2.24, 2.45) is 0 Å². The summed E-state index contributed by atoms with van der Waals surface area (Å²) in [6, 6.07) is 19.4. The maximum Gasteiger partial charge on any atom is 0.247 e. The third-order valence-corrected chi connectivity index (χ3v) is 5.84. The molecule has 4 nitrogen and oxygen atoms in total. The highest BCUT2D eigenvalue weighted by Crippen LogP contribution is 2.43. The minimum Gasteiger partial charge on any atom is -0.327 e. The molecule has 2 aromatic carbocycles. The molecular weight excluding hydrogens is 320 g/mol. The Bertz CT molecular complexity index is 750. The van der Waals surface area contributed by atoms with Crippen LogP contribution in [0.4, 0.5) is 0 Å². The molecule has 0 N–H and O–H groups in total. The van der Waals surface area contributed by atoms with Crippen molar-refractivity contribution in [1.29, 1.82) is 0 Å². The smallest absolute Gasteiger partial charge is 0.247 e. The quantitative estimate of drug-likeness (QED) is 0.864. The lowest BCUT2D eigenvalue weighted by molar-refractivity contribution is -0.155. The predicted octanol–water partition coefficient (Wildman–Crippen LogP) is 2.67. The van der Waals surface area contributed by atoms with E-state index < -0.39 is 0 Å². The van der Waals surface area contributed by atoms with Crippen LogP contribution in [-0.4, -0.2) is 40.0 Å². The predicted molar refractivity (Wildman–Crippen MR) is 94.1 cm³/mol. The van der Waals surface area contributed by atoms with E-state index in [0.717, 1.165) is 11.1 Å². The van der Waals surface area contributed by atoms with Crippen LogP contribution in [0.15, 0.2) is 60.7 Å². The van der Waals surface area contributed by atoms with E-state index >= 15 is 0 Å². The Hall–Kier alpha value is -2.27. The molecule has 2 atom stereocenters. The van der Waals surface area contributed by atoms with Crippen LogP contribution in [0.25, 0.3) is 0 Å². The van der Waals surface area contributed by atoms with Gasteiger partial charge in [0.1, 0.15) is 18.0 Å². The van der Waals surface area contributed by atoms with Gasteiger partial charge in [-0.3, -0.25) is 9.59 Å². The fraction of sp³-hybridized carbons (Fsp3) is 0.263. The zero-order valence-electron chi connectivity index (χ0n) is 13.2. The number of nitrogens with zero attached hydrogens (tertiary/aromatic N) is 2. The van der Waals surface area contributed by atoms with Gasteiger partial charge < -0.3 is 9.80 Å². The molecule has 5 heteroatoms. The number of hydrogen-bond donors (Lipinski definition) is 0. The molecule has 0 radical (unpaired) electrons. The summed E-state index contributed by atoms with van der Waals surface area (Å²) in [7, 11) is 0. The zero-order valence-corrected chi connectivity index (χ0v) is 14.0. The van der Waals surface area contributed by atoms with Gasteiger partial charge in [0.25, 0.3) is 0 Å². The molecule has 2 aromatic rings. The van der Waals surface area contributed by atoms with Crippen LogP contribution in [0.5, 0.6) is 0 Å².